The number of anilines is 1. The molecular weight excluding hydrogens is 296 g/mol. The Labute approximate surface area is 141 Å². The average molecular weight is 314 g/mol. The van der Waals surface area contributed by atoms with Gasteiger partial charge in [-0.05, 0) is 29.7 Å². The first kappa shape index (κ1) is 15.7. The van der Waals surface area contributed by atoms with Crippen LogP contribution in [0.5, 0.6) is 0 Å². The van der Waals surface area contributed by atoms with Gasteiger partial charge in [-0.2, -0.15) is 0 Å². The van der Waals surface area contributed by atoms with Gasteiger partial charge in [-0.25, -0.2) is 4.98 Å². The maximum absolute atomic E-state index is 12.2. The van der Waals surface area contributed by atoms with Crippen LogP contribution in [0.25, 0.3) is 11.1 Å². The van der Waals surface area contributed by atoms with Crippen molar-refractivity contribution in [2.45, 2.75) is 6.92 Å². The number of hydrogen-bond donors (Lipinski definition) is 1. The van der Waals surface area contributed by atoms with Gasteiger partial charge in [-0.1, -0.05) is 60.7 Å². The van der Waals surface area contributed by atoms with Gasteiger partial charge < -0.3 is 5.32 Å². The summed E-state index contributed by atoms with van der Waals surface area (Å²) in [5.74, 6) is 0.705. The molecule has 0 aliphatic carbocycles. The molecule has 0 spiro atoms. The lowest BCUT2D eigenvalue weighted by molar-refractivity contribution is 0.104. The minimum Gasteiger partial charge on any atom is -0.346 e. The maximum Gasteiger partial charge on any atom is 0.187 e. The average Bonchev–Trinajstić information content (AvgIpc) is 2.64. The number of nitrogens with zero attached hydrogens (tertiary/aromatic N) is 1. The summed E-state index contributed by atoms with van der Waals surface area (Å²) in [5.41, 5.74) is 3.92. The Morgan fingerprint density at radius 2 is 1.62 bits per heavy atom. The fourth-order valence-electron chi connectivity index (χ4n) is 2.39. The number of pyridine rings is 1. The molecule has 1 aromatic heterocycles. The van der Waals surface area contributed by atoms with E-state index in [2.05, 4.69) is 22.4 Å². The molecule has 0 fully saturated rings. The summed E-state index contributed by atoms with van der Waals surface area (Å²) in [6, 6.07) is 21.6. The van der Waals surface area contributed by atoms with Crippen molar-refractivity contribution in [3.63, 3.8) is 0 Å². The fourth-order valence-corrected chi connectivity index (χ4v) is 2.39. The van der Waals surface area contributed by atoms with Crippen molar-refractivity contribution < 1.29 is 4.79 Å². The van der Waals surface area contributed by atoms with Gasteiger partial charge in [0, 0.05) is 24.0 Å². The van der Waals surface area contributed by atoms with Gasteiger partial charge in [0.1, 0.15) is 5.82 Å². The highest BCUT2D eigenvalue weighted by atomic mass is 16.1. The smallest absolute Gasteiger partial charge is 0.187 e. The van der Waals surface area contributed by atoms with E-state index in [1.54, 1.807) is 12.4 Å². The first-order valence-corrected chi connectivity index (χ1v) is 7.78. The zero-order valence-corrected chi connectivity index (χ0v) is 13.4. The molecule has 3 heteroatoms. The van der Waals surface area contributed by atoms with Crippen molar-refractivity contribution in [3.05, 3.63) is 96.3 Å². The molecule has 0 aliphatic heterocycles. The Morgan fingerprint density at radius 3 is 2.33 bits per heavy atom. The summed E-state index contributed by atoms with van der Waals surface area (Å²) in [5, 5.41) is 3.04. The van der Waals surface area contributed by atoms with Gasteiger partial charge >= 0.3 is 0 Å². The molecule has 0 atom stereocenters. The SMILES string of the molecule is Cc1cccnc1N/C=C/C(=O)c1ccc(-c2ccccc2)cc1. The highest BCUT2D eigenvalue weighted by Crippen LogP contribution is 2.19. The lowest BCUT2D eigenvalue weighted by Crippen LogP contribution is -1.98. The standard InChI is InChI=1S/C21H18N2O/c1-16-6-5-14-22-21(16)23-15-13-20(24)19-11-9-18(10-12-19)17-7-3-2-4-8-17/h2-15H,1H3,(H,22,23)/b15-13+. The lowest BCUT2D eigenvalue weighted by atomic mass is 10.0. The van der Waals surface area contributed by atoms with Gasteiger partial charge in [0.05, 0.1) is 0 Å². The van der Waals surface area contributed by atoms with Crippen molar-refractivity contribution in [1.82, 2.24) is 4.98 Å². The van der Waals surface area contributed by atoms with Crippen LogP contribution < -0.4 is 5.32 Å². The second-order valence-electron chi connectivity index (χ2n) is 5.45. The van der Waals surface area contributed by atoms with E-state index < -0.39 is 0 Å². The van der Waals surface area contributed by atoms with E-state index in [4.69, 9.17) is 0 Å². The van der Waals surface area contributed by atoms with E-state index in [1.165, 1.54) is 6.08 Å². The van der Waals surface area contributed by atoms with E-state index in [-0.39, 0.29) is 5.78 Å². The van der Waals surface area contributed by atoms with E-state index in [0.717, 1.165) is 22.5 Å². The first-order chi connectivity index (χ1) is 11.7. The van der Waals surface area contributed by atoms with E-state index in [9.17, 15) is 4.79 Å². The number of benzene rings is 2. The molecule has 3 rings (SSSR count). The van der Waals surface area contributed by atoms with Crippen LogP contribution >= 0.6 is 0 Å². The number of nitrogens with one attached hydrogen (secondary N) is 1. The Balaban J connectivity index is 1.67. The highest BCUT2D eigenvalue weighted by molar-refractivity contribution is 6.04. The van der Waals surface area contributed by atoms with E-state index >= 15 is 0 Å². The van der Waals surface area contributed by atoms with E-state index in [1.807, 2.05) is 61.5 Å². The predicted octanol–water partition coefficient (Wildman–Crippen LogP) is 4.87. The zero-order valence-electron chi connectivity index (χ0n) is 13.4. The molecule has 0 saturated heterocycles. The summed E-state index contributed by atoms with van der Waals surface area (Å²) in [4.78, 5) is 16.4. The van der Waals surface area contributed by atoms with E-state index in [0.29, 0.717) is 5.56 Å². The van der Waals surface area contributed by atoms with Crippen molar-refractivity contribution >= 4 is 11.6 Å². The third kappa shape index (κ3) is 3.76. The number of aromatic nitrogens is 1. The highest BCUT2D eigenvalue weighted by Gasteiger charge is 2.03. The Hall–Kier alpha value is -3.20. The number of allylic oxidation sites excluding steroid dienone is 1. The van der Waals surface area contributed by atoms with Crippen LogP contribution in [0.3, 0.4) is 0 Å². The second-order valence-corrected chi connectivity index (χ2v) is 5.45. The van der Waals surface area contributed by atoms with Gasteiger partial charge in [-0.3, -0.25) is 4.79 Å². The molecule has 2 aromatic carbocycles. The van der Waals surface area contributed by atoms with Crippen LogP contribution in [0, 0.1) is 6.92 Å². The van der Waals surface area contributed by atoms with Crippen LogP contribution in [-0.2, 0) is 0 Å². The van der Waals surface area contributed by atoms with Crippen molar-refractivity contribution in [3.8, 4) is 11.1 Å². The van der Waals surface area contributed by atoms with Crippen LogP contribution in [0.1, 0.15) is 15.9 Å². The minimum atomic E-state index is -0.0457. The molecule has 0 aliphatic rings. The molecule has 0 saturated carbocycles. The molecule has 1 heterocycles. The molecule has 0 amide bonds. The fraction of sp³-hybridized carbons (Fsp3) is 0.0476. The van der Waals surface area contributed by atoms with Crippen LogP contribution in [0.4, 0.5) is 5.82 Å². The number of aryl methyl sites for hydroxylation is 1. The molecule has 1 N–H and O–H groups in total. The topological polar surface area (TPSA) is 42.0 Å². The summed E-state index contributed by atoms with van der Waals surface area (Å²) in [7, 11) is 0. The van der Waals surface area contributed by atoms with Gasteiger partial charge in [0.2, 0.25) is 0 Å². The molecule has 0 unspecified atom stereocenters. The van der Waals surface area contributed by atoms with Gasteiger partial charge in [-0.15, -0.1) is 0 Å². The first-order valence-electron chi connectivity index (χ1n) is 7.78. The van der Waals surface area contributed by atoms with Crippen molar-refractivity contribution in [2.75, 3.05) is 5.32 Å². The molecule has 3 nitrogen and oxygen atoms in total. The third-order valence-corrected chi connectivity index (χ3v) is 3.74. The molecule has 24 heavy (non-hydrogen) atoms. The van der Waals surface area contributed by atoms with Gasteiger partial charge in [0.15, 0.2) is 5.78 Å². The normalized spacial score (nSPS) is 10.7. The summed E-state index contributed by atoms with van der Waals surface area (Å²) in [6.07, 6.45) is 4.86. The Bertz CT molecular complexity index is 853. The molecule has 0 bridgehead atoms. The van der Waals surface area contributed by atoms with Gasteiger partial charge in [0.25, 0.3) is 0 Å². The summed E-state index contributed by atoms with van der Waals surface area (Å²) < 4.78 is 0. The van der Waals surface area contributed by atoms with Crippen molar-refractivity contribution in [2.24, 2.45) is 0 Å². The number of carbonyl (C=O) groups is 1. The molecule has 118 valence electrons. The summed E-state index contributed by atoms with van der Waals surface area (Å²) >= 11 is 0. The van der Waals surface area contributed by atoms with Crippen LogP contribution in [-0.4, -0.2) is 10.8 Å². The quantitative estimate of drug-likeness (QED) is 0.540. The number of hydrogen-bond acceptors (Lipinski definition) is 3. The maximum atomic E-state index is 12.2. The van der Waals surface area contributed by atoms with Crippen LogP contribution in [0.2, 0.25) is 0 Å². The molecule has 0 radical (unpaired) electrons. The minimum absolute atomic E-state index is 0.0457. The lowest BCUT2D eigenvalue weighted by Gasteiger charge is -2.03. The largest absolute Gasteiger partial charge is 0.346 e. The third-order valence-electron chi connectivity index (χ3n) is 3.74. The number of ketones is 1. The zero-order chi connectivity index (χ0) is 16.8. The number of carbonyl (C=O) groups excluding carboxylic acids is 1. The number of rotatable bonds is 5. The van der Waals surface area contributed by atoms with Crippen molar-refractivity contribution in [1.29, 1.82) is 0 Å². The Kier molecular flexibility index (Phi) is 4.82. The predicted molar refractivity (Wildman–Crippen MR) is 97.9 cm³/mol. The Morgan fingerprint density at radius 1 is 0.917 bits per heavy atom. The molecular formula is C21H18N2O. The van der Waals surface area contributed by atoms with Crippen LogP contribution in [0.15, 0.2) is 85.2 Å². The summed E-state index contributed by atoms with van der Waals surface area (Å²) in [6.45, 7) is 1.97. The molecule has 3 aromatic rings. The monoisotopic (exact) mass is 314 g/mol. The second kappa shape index (κ2) is 7.38.